The van der Waals surface area contributed by atoms with Crippen molar-refractivity contribution in [2.75, 3.05) is 36.9 Å². The van der Waals surface area contributed by atoms with Crippen LogP contribution in [0.4, 0.5) is 11.4 Å². The Morgan fingerprint density at radius 2 is 1.52 bits per heavy atom. The molecule has 0 atom stereocenters. The Hall–Kier alpha value is -2.53. The fourth-order valence-electron chi connectivity index (χ4n) is 2.91. The molecule has 1 heterocycles. The molecule has 2 aromatic carbocycles. The molecule has 0 spiro atoms. The number of carbonyl (C=O) groups excluding carboxylic acids is 1. The molecule has 0 saturated carbocycles. The average Bonchev–Trinajstić information content (AvgIpc) is 2.74. The number of hydrogen-bond acceptors (Lipinski definition) is 6. The summed E-state index contributed by atoms with van der Waals surface area (Å²) in [6.45, 7) is 5.09. The van der Waals surface area contributed by atoms with Crippen molar-refractivity contribution in [1.29, 1.82) is 0 Å². The number of nitrogens with one attached hydrogen (secondary N) is 2. The number of esters is 1. The third-order valence-corrected chi connectivity index (χ3v) is 6.56. The number of thiocarbonyl (C=S) groups is 1. The molecule has 1 fully saturated rings. The number of benzene rings is 2. The van der Waals surface area contributed by atoms with Gasteiger partial charge in [0.15, 0.2) is 5.11 Å². The largest absolute Gasteiger partial charge is 0.459 e. The van der Waals surface area contributed by atoms with Gasteiger partial charge in [-0.25, -0.2) is 13.2 Å². The van der Waals surface area contributed by atoms with Gasteiger partial charge in [-0.3, -0.25) is 0 Å². The monoisotopic (exact) mass is 463 g/mol. The van der Waals surface area contributed by atoms with Gasteiger partial charge >= 0.3 is 5.97 Å². The number of nitrogens with zero attached hydrogens (tertiary/aromatic N) is 1. The summed E-state index contributed by atoms with van der Waals surface area (Å²) < 4.78 is 37.1. The quantitative estimate of drug-likeness (QED) is 0.498. The van der Waals surface area contributed by atoms with Gasteiger partial charge in [-0.2, -0.15) is 4.31 Å². The van der Waals surface area contributed by atoms with Gasteiger partial charge in [-0.15, -0.1) is 0 Å². The Kier molecular flexibility index (Phi) is 7.60. The third kappa shape index (κ3) is 6.23. The highest BCUT2D eigenvalue weighted by Gasteiger charge is 2.26. The van der Waals surface area contributed by atoms with Crippen LogP contribution in [0.25, 0.3) is 0 Å². The van der Waals surface area contributed by atoms with E-state index in [1.807, 2.05) is 0 Å². The molecule has 1 saturated heterocycles. The Morgan fingerprint density at radius 1 is 1.00 bits per heavy atom. The lowest BCUT2D eigenvalue weighted by molar-refractivity contribution is 0.0378. The fourth-order valence-corrected chi connectivity index (χ4v) is 4.56. The first-order valence-corrected chi connectivity index (χ1v) is 11.7. The minimum Gasteiger partial charge on any atom is -0.459 e. The first kappa shape index (κ1) is 23.1. The molecule has 166 valence electrons. The van der Waals surface area contributed by atoms with Crippen LogP contribution >= 0.6 is 12.2 Å². The van der Waals surface area contributed by atoms with Gasteiger partial charge in [-0.05, 0) is 74.6 Å². The summed E-state index contributed by atoms with van der Waals surface area (Å²) in [6.07, 6.45) is -0.183. The van der Waals surface area contributed by atoms with E-state index in [0.29, 0.717) is 48.4 Å². The van der Waals surface area contributed by atoms with Crippen LogP contribution in [0.1, 0.15) is 24.2 Å². The number of sulfonamides is 1. The minimum atomic E-state index is -3.54. The zero-order chi connectivity index (χ0) is 22.4. The maximum Gasteiger partial charge on any atom is 0.338 e. The molecule has 10 heteroatoms. The molecular weight excluding hydrogens is 438 g/mol. The summed E-state index contributed by atoms with van der Waals surface area (Å²) in [5, 5.41) is 6.37. The van der Waals surface area contributed by atoms with E-state index in [4.69, 9.17) is 21.7 Å². The SMILES string of the molecule is CC(C)OC(=O)c1ccc(NC(=S)Nc2ccc(S(=O)(=O)N3CCOCC3)cc2)cc1. The lowest BCUT2D eigenvalue weighted by Gasteiger charge is -2.26. The van der Waals surface area contributed by atoms with E-state index in [9.17, 15) is 13.2 Å². The van der Waals surface area contributed by atoms with Crippen LogP contribution in [0.3, 0.4) is 0 Å². The summed E-state index contributed by atoms with van der Waals surface area (Å²) in [4.78, 5) is 12.1. The zero-order valence-electron chi connectivity index (χ0n) is 17.3. The molecule has 0 unspecified atom stereocenters. The van der Waals surface area contributed by atoms with Crippen LogP contribution in [-0.4, -0.2) is 56.2 Å². The van der Waals surface area contributed by atoms with E-state index >= 15 is 0 Å². The van der Waals surface area contributed by atoms with Crippen molar-refractivity contribution in [1.82, 2.24) is 4.31 Å². The topological polar surface area (TPSA) is 97.0 Å². The van der Waals surface area contributed by atoms with Crippen LogP contribution < -0.4 is 10.6 Å². The second-order valence-electron chi connectivity index (χ2n) is 7.15. The Bertz CT molecular complexity index is 1020. The number of anilines is 2. The molecule has 1 aliphatic rings. The number of hydrogen-bond donors (Lipinski definition) is 2. The van der Waals surface area contributed by atoms with Crippen molar-refractivity contribution < 1.29 is 22.7 Å². The van der Waals surface area contributed by atoms with Gasteiger partial charge < -0.3 is 20.1 Å². The van der Waals surface area contributed by atoms with Gasteiger partial charge in [0.2, 0.25) is 10.0 Å². The molecule has 3 rings (SSSR count). The Morgan fingerprint density at radius 3 is 2.03 bits per heavy atom. The van der Waals surface area contributed by atoms with Crippen LogP contribution in [0.15, 0.2) is 53.4 Å². The van der Waals surface area contributed by atoms with E-state index in [2.05, 4.69) is 10.6 Å². The van der Waals surface area contributed by atoms with E-state index < -0.39 is 10.0 Å². The third-order valence-electron chi connectivity index (χ3n) is 4.44. The predicted molar refractivity (Wildman–Crippen MR) is 123 cm³/mol. The van der Waals surface area contributed by atoms with Crippen LogP contribution in [0.5, 0.6) is 0 Å². The van der Waals surface area contributed by atoms with E-state index in [-0.39, 0.29) is 17.0 Å². The lowest BCUT2D eigenvalue weighted by Crippen LogP contribution is -2.40. The molecule has 0 bridgehead atoms. The number of carbonyl (C=O) groups is 1. The second kappa shape index (κ2) is 10.2. The number of rotatable bonds is 6. The first-order chi connectivity index (χ1) is 14.8. The summed E-state index contributed by atoms with van der Waals surface area (Å²) in [6, 6.07) is 13.2. The van der Waals surface area contributed by atoms with Crippen molar-refractivity contribution >= 4 is 44.7 Å². The van der Waals surface area contributed by atoms with Crippen LogP contribution in [-0.2, 0) is 19.5 Å². The number of ether oxygens (including phenoxy) is 2. The van der Waals surface area contributed by atoms with Crippen molar-refractivity contribution in [3.63, 3.8) is 0 Å². The molecule has 0 aliphatic carbocycles. The first-order valence-electron chi connectivity index (χ1n) is 9.83. The number of morpholine rings is 1. The smallest absolute Gasteiger partial charge is 0.338 e. The van der Waals surface area contributed by atoms with Crippen molar-refractivity contribution in [2.45, 2.75) is 24.8 Å². The highest BCUT2D eigenvalue weighted by atomic mass is 32.2. The van der Waals surface area contributed by atoms with Crippen molar-refractivity contribution in [3.8, 4) is 0 Å². The lowest BCUT2D eigenvalue weighted by atomic mass is 10.2. The molecule has 2 aromatic rings. The highest BCUT2D eigenvalue weighted by Crippen LogP contribution is 2.20. The Labute approximate surface area is 187 Å². The van der Waals surface area contributed by atoms with Gasteiger partial charge in [0.05, 0.1) is 29.8 Å². The fraction of sp³-hybridized carbons (Fsp3) is 0.333. The van der Waals surface area contributed by atoms with E-state index in [1.54, 1.807) is 62.4 Å². The summed E-state index contributed by atoms with van der Waals surface area (Å²) in [5.41, 5.74) is 1.80. The Balaban J connectivity index is 1.57. The van der Waals surface area contributed by atoms with Crippen LogP contribution in [0.2, 0.25) is 0 Å². The molecule has 1 aliphatic heterocycles. The van der Waals surface area contributed by atoms with Gasteiger partial charge in [-0.1, -0.05) is 0 Å². The van der Waals surface area contributed by atoms with E-state index in [1.165, 1.54) is 4.31 Å². The minimum absolute atomic E-state index is 0.183. The van der Waals surface area contributed by atoms with Gasteiger partial charge in [0.1, 0.15) is 0 Å². The molecule has 0 aromatic heterocycles. The molecule has 2 N–H and O–H groups in total. The van der Waals surface area contributed by atoms with Crippen LogP contribution in [0, 0.1) is 0 Å². The summed E-state index contributed by atoms with van der Waals surface area (Å²) in [5.74, 6) is -0.380. The molecular formula is C21H25N3O5S2. The maximum absolute atomic E-state index is 12.7. The van der Waals surface area contributed by atoms with E-state index in [0.717, 1.165) is 0 Å². The predicted octanol–water partition coefficient (Wildman–Crippen LogP) is 3.08. The second-order valence-corrected chi connectivity index (χ2v) is 9.50. The molecule has 31 heavy (non-hydrogen) atoms. The molecule has 8 nitrogen and oxygen atoms in total. The van der Waals surface area contributed by atoms with Crippen molar-refractivity contribution in [2.24, 2.45) is 0 Å². The standard InChI is InChI=1S/C21H25N3O5S2/c1-15(2)29-20(25)16-3-5-17(6-4-16)22-21(30)23-18-7-9-19(10-8-18)31(26,27)24-11-13-28-14-12-24/h3-10,15H,11-14H2,1-2H3,(H2,22,23,30). The molecule has 0 amide bonds. The average molecular weight is 464 g/mol. The van der Waals surface area contributed by atoms with Crippen molar-refractivity contribution in [3.05, 3.63) is 54.1 Å². The normalized spacial score (nSPS) is 14.8. The van der Waals surface area contributed by atoms with Gasteiger partial charge in [0.25, 0.3) is 0 Å². The van der Waals surface area contributed by atoms with Gasteiger partial charge in [0, 0.05) is 24.5 Å². The molecule has 0 radical (unpaired) electrons. The summed E-state index contributed by atoms with van der Waals surface area (Å²) >= 11 is 5.31. The summed E-state index contributed by atoms with van der Waals surface area (Å²) in [7, 11) is -3.54. The highest BCUT2D eigenvalue weighted by molar-refractivity contribution is 7.89. The zero-order valence-corrected chi connectivity index (χ0v) is 19.0. The maximum atomic E-state index is 12.7.